The number of hydrogen-bond donors (Lipinski definition) is 1. The molecule has 0 aliphatic carbocycles. The third kappa shape index (κ3) is 1.64. The lowest BCUT2D eigenvalue weighted by atomic mass is 10.2. The van der Waals surface area contributed by atoms with Crippen LogP contribution in [-0.4, -0.2) is 19.1 Å². The Morgan fingerprint density at radius 1 is 1.29 bits per heavy atom. The maximum atomic E-state index is 11.7. The summed E-state index contributed by atoms with van der Waals surface area (Å²) >= 11 is 13.2. The number of hydrogen-bond acceptors (Lipinski definition) is 3. The van der Waals surface area contributed by atoms with E-state index in [2.05, 4.69) is 14.0 Å². The maximum Gasteiger partial charge on any atom is 0.322 e. The molecule has 0 radical (unpaired) electrons. The summed E-state index contributed by atoms with van der Waals surface area (Å²) in [4.78, 5) is 13.2. The molecular formula is C9H6Cl2N4OS. The van der Waals surface area contributed by atoms with E-state index in [4.69, 9.17) is 23.2 Å². The molecule has 2 aliphatic heterocycles. The van der Waals surface area contributed by atoms with E-state index in [0.717, 1.165) is 11.4 Å². The van der Waals surface area contributed by atoms with E-state index in [1.165, 1.54) is 0 Å². The van der Waals surface area contributed by atoms with Crippen molar-refractivity contribution in [2.75, 3.05) is 18.0 Å². The third-order valence-electron chi connectivity index (χ3n) is 2.55. The van der Waals surface area contributed by atoms with E-state index >= 15 is 0 Å². The van der Waals surface area contributed by atoms with Crippen molar-refractivity contribution in [3.63, 3.8) is 0 Å². The fourth-order valence-electron chi connectivity index (χ4n) is 1.80. The van der Waals surface area contributed by atoms with Gasteiger partial charge in [-0.25, -0.2) is 4.79 Å². The van der Waals surface area contributed by atoms with Crippen molar-refractivity contribution >= 4 is 57.6 Å². The fraction of sp³-hybridized carbons (Fsp3) is 0.222. The van der Waals surface area contributed by atoms with Gasteiger partial charge in [0.1, 0.15) is 11.4 Å². The molecule has 0 unspecified atom stereocenters. The highest BCUT2D eigenvalue weighted by molar-refractivity contribution is 7.58. The largest absolute Gasteiger partial charge is 0.336 e. The second-order valence-corrected chi connectivity index (χ2v) is 4.88. The first kappa shape index (κ1) is 11.0. The Morgan fingerprint density at radius 3 is 2.76 bits per heavy atom. The van der Waals surface area contributed by atoms with Gasteiger partial charge >= 0.3 is 6.03 Å². The normalized spacial score (nSPS) is 17.1. The van der Waals surface area contributed by atoms with Crippen LogP contribution in [0, 0.1) is 0 Å². The van der Waals surface area contributed by atoms with E-state index in [0.29, 0.717) is 40.2 Å². The molecule has 0 atom stereocenters. The van der Waals surface area contributed by atoms with E-state index in [9.17, 15) is 4.79 Å². The van der Waals surface area contributed by atoms with Gasteiger partial charge < -0.3 is 5.32 Å². The molecule has 0 aromatic heterocycles. The number of amides is 2. The van der Waals surface area contributed by atoms with Crippen LogP contribution in [0.25, 0.3) is 0 Å². The summed E-state index contributed by atoms with van der Waals surface area (Å²) in [5, 5.41) is 3.57. The predicted octanol–water partition coefficient (Wildman–Crippen LogP) is 3.25. The van der Waals surface area contributed by atoms with Crippen molar-refractivity contribution in [2.45, 2.75) is 0 Å². The smallest absolute Gasteiger partial charge is 0.322 e. The van der Waals surface area contributed by atoms with Crippen LogP contribution in [0.1, 0.15) is 0 Å². The van der Waals surface area contributed by atoms with Gasteiger partial charge in [-0.1, -0.05) is 23.2 Å². The molecule has 1 N–H and O–H groups in total. The van der Waals surface area contributed by atoms with Crippen LogP contribution < -0.4 is 10.2 Å². The van der Waals surface area contributed by atoms with Gasteiger partial charge in [0, 0.05) is 13.1 Å². The predicted molar refractivity (Wildman–Crippen MR) is 68.7 cm³/mol. The SMILES string of the molecule is O=C1NCCN1c1c(Cl)cc(Cl)c2c1N=S=N2. The highest BCUT2D eigenvalue weighted by Crippen LogP contribution is 2.49. The van der Waals surface area contributed by atoms with Crippen molar-refractivity contribution in [3.05, 3.63) is 16.1 Å². The number of halogens is 2. The molecule has 2 aliphatic rings. The molecule has 88 valence electrons. The van der Waals surface area contributed by atoms with Crippen LogP contribution in [0.4, 0.5) is 21.9 Å². The number of nitrogens with zero attached hydrogens (tertiary/aromatic N) is 3. The summed E-state index contributed by atoms with van der Waals surface area (Å²) in [6.07, 6.45) is 0. The van der Waals surface area contributed by atoms with Gasteiger partial charge in [-0.3, -0.25) is 4.90 Å². The summed E-state index contributed by atoms with van der Waals surface area (Å²) in [5.41, 5.74) is 1.73. The quantitative estimate of drug-likeness (QED) is 0.860. The number of carbonyl (C=O) groups is 1. The monoisotopic (exact) mass is 288 g/mol. The lowest BCUT2D eigenvalue weighted by molar-refractivity contribution is 0.252. The number of urea groups is 1. The Kier molecular flexibility index (Phi) is 2.57. The Morgan fingerprint density at radius 2 is 2.06 bits per heavy atom. The molecule has 2 heterocycles. The summed E-state index contributed by atoms with van der Waals surface area (Å²) in [6.45, 7) is 1.16. The molecule has 8 heteroatoms. The Labute approximate surface area is 111 Å². The number of rotatable bonds is 1. The number of fused-ring (bicyclic) bond motifs is 1. The minimum absolute atomic E-state index is 0.177. The molecule has 1 aromatic rings. The zero-order valence-corrected chi connectivity index (χ0v) is 10.7. The van der Waals surface area contributed by atoms with Crippen molar-refractivity contribution in [2.24, 2.45) is 8.73 Å². The van der Waals surface area contributed by atoms with Crippen LogP contribution in [0.2, 0.25) is 10.0 Å². The van der Waals surface area contributed by atoms with Gasteiger partial charge in [0.2, 0.25) is 0 Å². The second-order valence-electron chi connectivity index (χ2n) is 3.53. The van der Waals surface area contributed by atoms with Crippen molar-refractivity contribution < 1.29 is 4.79 Å². The van der Waals surface area contributed by atoms with Crippen molar-refractivity contribution in [1.82, 2.24) is 5.32 Å². The minimum atomic E-state index is -0.177. The van der Waals surface area contributed by atoms with Crippen molar-refractivity contribution in [3.8, 4) is 0 Å². The fourth-order valence-corrected chi connectivity index (χ4v) is 3.01. The first-order valence-electron chi connectivity index (χ1n) is 4.84. The van der Waals surface area contributed by atoms with Gasteiger partial charge in [-0.15, -0.1) is 0 Å². The zero-order chi connectivity index (χ0) is 12.0. The van der Waals surface area contributed by atoms with Crippen LogP contribution >= 0.6 is 23.2 Å². The van der Waals surface area contributed by atoms with Gasteiger partial charge in [0.15, 0.2) is 0 Å². The van der Waals surface area contributed by atoms with Gasteiger partial charge in [0.25, 0.3) is 0 Å². The molecule has 5 nitrogen and oxygen atoms in total. The van der Waals surface area contributed by atoms with Gasteiger partial charge in [-0.05, 0) is 6.07 Å². The number of nitrogens with one attached hydrogen (secondary N) is 1. The average Bonchev–Trinajstić information content (AvgIpc) is 2.88. The lowest BCUT2D eigenvalue weighted by Crippen LogP contribution is -2.28. The van der Waals surface area contributed by atoms with E-state index < -0.39 is 0 Å². The molecular weight excluding hydrogens is 283 g/mol. The highest BCUT2D eigenvalue weighted by atomic mass is 35.5. The molecule has 0 bridgehead atoms. The van der Waals surface area contributed by atoms with Crippen molar-refractivity contribution in [1.29, 1.82) is 0 Å². The third-order valence-corrected chi connectivity index (χ3v) is 3.65. The van der Waals surface area contributed by atoms with E-state index in [1.807, 2.05) is 0 Å². The van der Waals surface area contributed by atoms with Gasteiger partial charge in [0.05, 0.1) is 27.1 Å². The standard InChI is InChI=1S/C9H6Cl2N4OS/c10-4-3-5(11)8(7-6(4)13-17-14-7)15-2-1-12-9(15)16/h3H,1-2H2,(H,12,16). The number of anilines is 1. The summed E-state index contributed by atoms with van der Waals surface area (Å²) < 4.78 is 8.26. The topological polar surface area (TPSA) is 57.1 Å². The minimum Gasteiger partial charge on any atom is -0.336 e. The number of carbonyl (C=O) groups excluding carboxylic acids is 1. The van der Waals surface area contributed by atoms with Crippen LogP contribution in [0.5, 0.6) is 0 Å². The summed E-state index contributed by atoms with van der Waals surface area (Å²) in [5.74, 6) is 0. The van der Waals surface area contributed by atoms with Crippen LogP contribution in [0.3, 0.4) is 0 Å². The maximum absolute atomic E-state index is 11.7. The highest BCUT2D eigenvalue weighted by Gasteiger charge is 2.29. The Hall–Kier alpha value is -1.11. The molecule has 17 heavy (non-hydrogen) atoms. The second kappa shape index (κ2) is 3.97. The summed E-state index contributed by atoms with van der Waals surface area (Å²) in [6, 6.07) is 1.41. The first-order chi connectivity index (χ1) is 8.18. The molecule has 0 spiro atoms. The lowest BCUT2D eigenvalue weighted by Gasteiger charge is -2.18. The number of benzene rings is 1. The van der Waals surface area contributed by atoms with Gasteiger partial charge in [-0.2, -0.15) is 8.73 Å². The molecule has 1 fully saturated rings. The van der Waals surface area contributed by atoms with E-state index in [-0.39, 0.29) is 6.03 Å². The Bertz CT molecular complexity index is 597. The molecule has 0 saturated carbocycles. The Balaban J connectivity index is 2.21. The van der Waals surface area contributed by atoms with Crippen LogP contribution in [-0.2, 0) is 11.4 Å². The van der Waals surface area contributed by atoms with E-state index in [1.54, 1.807) is 11.0 Å². The first-order valence-corrected chi connectivity index (χ1v) is 6.33. The molecule has 2 amide bonds. The molecule has 1 aromatic carbocycles. The zero-order valence-electron chi connectivity index (χ0n) is 8.41. The molecule has 3 rings (SSSR count). The average molecular weight is 289 g/mol. The van der Waals surface area contributed by atoms with Crippen LogP contribution in [0.15, 0.2) is 14.8 Å². The summed E-state index contributed by atoms with van der Waals surface area (Å²) in [7, 11) is 0. The molecule has 1 saturated heterocycles.